The minimum atomic E-state index is 0.272. The second kappa shape index (κ2) is 2.34. The van der Waals surface area contributed by atoms with Crippen molar-refractivity contribution in [3.05, 3.63) is 12.2 Å². The van der Waals surface area contributed by atoms with Gasteiger partial charge in [-0.2, -0.15) is 0 Å². The molecule has 0 aromatic heterocycles. The molecular formula is C8H12O. The third-order valence-corrected chi connectivity index (χ3v) is 1.99. The number of rotatable bonds is 0. The Kier molecular flexibility index (Phi) is 1.70. The van der Waals surface area contributed by atoms with E-state index in [1.807, 2.05) is 0 Å². The Balaban J connectivity index is 2.62. The van der Waals surface area contributed by atoms with Crippen molar-refractivity contribution in [2.75, 3.05) is 0 Å². The maximum Gasteiger partial charge on any atom is 0.158 e. The van der Waals surface area contributed by atoms with Gasteiger partial charge >= 0.3 is 0 Å². The highest BCUT2D eigenvalue weighted by Gasteiger charge is 2.19. The summed E-state index contributed by atoms with van der Waals surface area (Å²) in [5, 5.41) is 0. The highest BCUT2D eigenvalue weighted by Crippen LogP contribution is 2.24. The van der Waals surface area contributed by atoms with E-state index in [-0.39, 0.29) is 5.78 Å². The number of hydrogen-bond acceptors (Lipinski definition) is 1. The summed E-state index contributed by atoms with van der Waals surface area (Å²) in [7, 11) is 0. The average Bonchev–Trinajstić information content (AvgIpc) is 1.83. The van der Waals surface area contributed by atoms with E-state index in [2.05, 4.69) is 13.5 Å². The van der Waals surface area contributed by atoms with Gasteiger partial charge in [0.25, 0.3) is 0 Å². The molecular weight excluding hydrogens is 112 g/mol. The largest absolute Gasteiger partial charge is 0.295 e. The van der Waals surface area contributed by atoms with Gasteiger partial charge in [-0.3, -0.25) is 4.79 Å². The van der Waals surface area contributed by atoms with E-state index in [0.717, 1.165) is 24.8 Å². The normalized spacial score (nSPS) is 28.8. The van der Waals surface area contributed by atoms with Gasteiger partial charge in [0.2, 0.25) is 0 Å². The summed E-state index contributed by atoms with van der Waals surface area (Å²) in [5.41, 5.74) is 0.834. The van der Waals surface area contributed by atoms with Gasteiger partial charge in [-0.15, -0.1) is 0 Å². The van der Waals surface area contributed by atoms with Gasteiger partial charge in [0.05, 0.1) is 0 Å². The quantitative estimate of drug-likeness (QED) is 0.451. The zero-order valence-electron chi connectivity index (χ0n) is 5.81. The minimum Gasteiger partial charge on any atom is -0.295 e. The van der Waals surface area contributed by atoms with E-state index < -0.39 is 0 Å². The summed E-state index contributed by atoms with van der Waals surface area (Å²) in [6, 6.07) is 0. The molecule has 1 nitrogen and oxygen atoms in total. The van der Waals surface area contributed by atoms with Crippen LogP contribution in [-0.4, -0.2) is 5.78 Å². The molecule has 0 aromatic carbocycles. The van der Waals surface area contributed by atoms with E-state index in [9.17, 15) is 4.79 Å². The molecule has 1 saturated carbocycles. The number of hydrogen-bond donors (Lipinski definition) is 0. The minimum absolute atomic E-state index is 0.272. The molecule has 50 valence electrons. The topological polar surface area (TPSA) is 17.1 Å². The SMILES string of the molecule is C=C1C(=O)CCC[C@@H]1C. The van der Waals surface area contributed by atoms with Crippen molar-refractivity contribution >= 4 is 5.78 Å². The van der Waals surface area contributed by atoms with Crippen LogP contribution in [0, 0.1) is 5.92 Å². The second-order valence-corrected chi connectivity index (χ2v) is 2.74. The van der Waals surface area contributed by atoms with E-state index in [1.165, 1.54) is 0 Å². The Labute approximate surface area is 55.8 Å². The van der Waals surface area contributed by atoms with Crippen LogP contribution in [0.4, 0.5) is 0 Å². The van der Waals surface area contributed by atoms with Crippen molar-refractivity contribution in [1.29, 1.82) is 0 Å². The van der Waals surface area contributed by atoms with Gasteiger partial charge in [-0.1, -0.05) is 13.5 Å². The van der Waals surface area contributed by atoms with Crippen molar-refractivity contribution < 1.29 is 4.79 Å². The van der Waals surface area contributed by atoms with Crippen LogP contribution in [0.1, 0.15) is 26.2 Å². The molecule has 0 heterocycles. The Morgan fingerprint density at radius 2 is 2.33 bits per heavy atom. The Bertz CT molecular complexity index is 147. The fraction of sp³-hybridized carbons (Fsp3) is 0.625. The molecule has 9 heavy (non-hydrogen) atoms. The lowest BCUT2D eigenvalue weighted by atomic mass is 9.86. The van der Waals surface area contributed by atoms with Crippen LogP contribution in [0.3, 0.4) is 0 Å². The van der Waals surface area contributed by atoms with E-state index in [4.69, 9.17) is 0 Å². The Morgan fingerprint density at radius 1 is 1.67 bits per heavy atom. The first-order chi connectivity index (χ1) is 4.22. The van der Waals surface area contributed by atoms with Crippen LogP contribution < -0.4 is 0 Å². The third kappa shape index (κ3) is 1.21. The molecule has 1 aliphatic carbocycles. The fourth-order valence-corrected chi connectivity index (χ4v) is 1.18. The molecule has 0 bridgehead atoms. The molecule has 0 saturated heterocycles. The summed E-state index contributed by atoms with van der Waals surface area (Å²) in [4.78, 5) is 10.9. The predicted molar refractivity (Wildman–Crippen MR) is 37.2 cm³/mol. The first-order valence-electron chi connectivity index (χ1n) is 3.44. The first-order valence-corrected chi connectivity index (χ1v) is 3.44. The van der Waals surface area contributed by atoms with Gasteiger partial charge in [0, 0.05) is 6.42 Å². The van der Waals surface area contributed by atoms with Gasteiger partial charge in [-0.25, -0.2) is 0 Å². The van der Waals surface area contributed by atoms with E-state index in [0.29, 0.717) is 5.92 Å². The molecule has 1 fully saturated rings. The first kappa shape index (κ1) is 6.53. The molecule has 0 N–H and O–H groups in total. The lowest BCUT2D eigenvalue weighted by Gasteiger charge is -2.18. The number of allylic oxidation sites excluding steroid dienone is 1. The Morgan fingerprint density at radius 3 is 2.78 bits per heavy atom. The molecule has 0 aliphatic heterocycles. The van der Waals surface area contributed by atoms with Crippen molar-refractivity contribution in [2.45, 2.75) is 26.2 Å². The summed E-state index contributed by atoms with van der Waals surface area (Å²) < 4.78 is 0. The maximum atomic E-state index is 10.9. The van der Waals surface area contributed by atoms with Crippen molar-refractivity contribution in [2.24, 2.45) is 5.92 Å². The van der Waals surface area contributed by atoms with Gasteiger partial charge in [0.1, 0.15) is 0 Å². The van der Waals surface area contributed by atoms with Crippen LogP contribution in [0.25, 0.3) is 0 Å². The standard InChI is InChI=1S/C8H12O/c1-6-4-3-5-8(9)7(6)2/h6H,2-5H2,1H3/t6-/m0/s1. The van der Waals surface area contributed by atoms with Crippen LogP contribution in [0.2, 0.25) is 0 Å². The molecule has 1 aliphatic rings. The molecule has 0 unspecified atom stereocenters. The van der Waals surface area contributed by atoms with Crippen LogP contribution >= 0.6 is 0 Å². The van der Waals surface area contributed by atoms with Gasteiger partial charge < -0.3 is 0 Å². The lowest BCUT2D eigenvalue weighted by molar-refractivity contribution is -0.117. The maximum absolute atomic E-state index is 10.9. The summed E-state index contributed by atoms with van der Waals surface area (Å²) >= 11 is 0. The summed E-state index contributed by atoms with van der Waals surface area (Å²) in [5.74, 6) is 0.708. The molecule has 1 rings (SSSR count). The van der Waals surface area contributed by atoms with Crippen molar-refractivity contribution in [3.8, 4) is 0 Å². The molecule has 0 aromatic rings. The fourth-order valence-electron chi connectivity index (χ4n) is 1.18. The second-order valence-electron chi connectivity index (χ2n) is 2.74. The summed E-state index contributed by atoms with van der Waals surface area (Å²) in [6.07, 6.45) is 2.92. The number of ketones is 1. The Hall–Kier alpha value is -0.590. The van der Waals surface area contributed by atoms with Crippen molar-refractivity contribution in [1.82, 2.24) is 0 Å². The van der Waals surface area contributed by atoms with Gasteiger partial charge in [-0.05, 0) is 24.3 Å². The van der Waals surface area contributed by atoms with Crippen LogP contribution in [-0.2, 0) is 4.79 Å². The lowest BCUT2D eigenvalue weighted by Crippen LogP contribution is -2.15. The van der Waals surface area contributed by atoms with Crippen LogP contribution in [0.5, 0.6) is 0 Å². The molecule has 0 amide bonds. The molecule has 0 radical (unpaired) electrons. The monoisotopic (exact) mass is 124 g/mol. The predicted octanol–water partition coefficient (Wildman–Crippen LogP) is 1.93. The zero-order chi connectivity index (χ0) is 6.85. The summed E-state index contributed by atoms with van der Waals surface area (Å²) in [6.45, 7) is 5.80. The molecule has 0 spiro atoms. The van der Waals surface area contributed by atoms with E-state index in [1.54, 1.807) is 0 Å². The van der Waals surface area contributed by atoms with Crippen LogP contribution in [0.15, 0.2) is 12.2 Å². The number of carbonyl (C=O) groups is 1. The number of carbonyl (C=O) groups excluding carboxylic acids is 1. The highest BCUT2D eigenvalue weighted by molar-refractivity contribution is 5.95. The molecule has 1 atom stereocenters. The number of Topliss-reactive ketones (excluding diaryl/α,β-unsaturated/α-hetero) is 1. The smallest absolute Gasteiger partial charge is 0.158 e. The third-order valence-electron chi connectivity index (χ3n) is 1.99. The zero-order valence-corrected chi connectivity index (χ0v) is 5.81. The van der Waals surface area contributed by atoms with E-state index >= 15 is 0 Å². The average molecular weight is 124 g/mol. The highest BCUT2D eigenvalue weighted by atomic mass is 16.1. The van der Waals surface area contributed by atoms with Gasteiger partial charge in [0.15, 0.2) is 5.78 Å². The molecule has 1 heteroatoms. The van der Waals surface area contributed by atoms with Crippen molar-refractivity contribution in [3.63, 3.8) is 0 Å².